The lowest BCUT2D eigenvalue weighted by Gasteiger charge is -2.17. The van der Waals surface area contributed by atoms with E-state index in [9.17, 15) is 0 Å². The Morgan fingerprint density at radius 2 is 2.27 bits per heavy atom. The molecule has 0 aliphatic carbocycles. The zero-order chi connectivity index (χ0) is 15.4. The van der Waals surface area contributed by atoms with Crippen molar-refractivity contribution in [1.29, 1.82) is 0 Å². The molecule has 0 radical (unpaired) electrons. The molecule has 2 aromatic heterocycles. The highest BCUT2D eigenvalue weighted by Crippen LogP contribution is 2.20. The van der Waals surface area contributed by atoms with Crippen LogP contribution < -0.4 is 4.74 Å². The average Bonchev–Trinajstić information content (AvgIpc) is 3.11. The highest BCUT2D eigenvalue weighted by atomic mass is 16.5. The number of hydrogen-bond donors (Lipinski definition) is 1. The van der Waals surface area contributed by atoms with E-state index in [1.165, 1.54) is 0 Å². The third-order valence-electron chi connectivity index (χ3n) is 3.75. The summed E-state index contributed by atoms with van der Waals surface area (Å²) in [6.45, 7) is 3.74. The summed E-state index contributed by atoms with van der Waals surface area (Å²) in [6.07, 6.45) is 4.92. The molecule has 0 spiro atoms. The van der Waals surface area contributed by atoms with Crippen LogP contribution in [0, 0.1) is 0 Å². The van der Waals surface area contributed by atoms with E-state index < -0.39 is 0 Å². The molecule has 3 heterocycles. The van der Waals surface area contributed by atoms with Crippen LogP contribution in [0.5, 0.6) is 5.75 Å². The Kier molecular flexibility index (Phi) is 4.70. The van der Waals surface area contributed by atoms with Gasteiger partial charge < -0.3 is 9.64 Å². The number of aromatic nitrogens is 3. The molecule has 0 aromatic carbocycles. The lowest BCUT2D eigenvalue weighted by Crippen LogP contribution is -2.24. The molecule has 1 fully saturated rings. The summed E-state index contributed by atoms with van der Waals surface area (Å²) >= 11 is 0. The number of H-pyrrole nitrogens is 1. The Labute approximate surface area is 131 Å². The molecule has 22 heavy (non-hydrogen) atoms. The third-order valence-corrected chi connectivity index (χ3v) is 3.75. The van der Waals surface area contributed by atoms with Crippen molar-refractivity contribution < 1.29 is 4.74 Å². The number of likely N-dealkylation sites (tertiary alicyclic amines) is 1. The molecule has 1 N–H and O–H groups in total. The molecular formula is C16H23N5O. The van der Waals surface area contributed by atoms with Gasteiger partial charge in [-0.3, -0.25) is 15.0 Å². The first-order valence-corrected chi connectivity index (χ1v) is 7.66. The number of aromatic amines is 1. The van der Waals surface area contributed by atoms with Gasteiger partial charge in [-0.1, -0.05) is 0 Å². The van der Waals surface area contributed by atoms with E-state index in [2.05, 4.69) is 25.0 Å². The maximum Gasteiger partial charge on any atom is 0.123 e. The van der Waals surface area contributed by atoms with E-state index in [0.29, 0.717) is 0 Å². The smallest absolute Gasteiger partial charge is 0.123 e. The minimum atomic E-state index is 0.248. The Hall–Kier alpha value is -1.92. The van der Waals surface area contributed by atoms with Crippen molar-refractivity contribution in [3.63, 3.8) is 0 Å². The third kappa shape index (κ3) is 4.05. The van der Waals surface area contributed by atoms with E-state index in [1.807, 2.05) is 38.5 Å². The number of hydrogen-bond acceptors (Lipinski definition) is 5. The van der Waals surface area contributed by atoms with Gasteiger partial charge in [0.1, 0.15) is 11.9 Å². The van der Waals surface area contributed by atoms with Crippen molar-refractivity contribution in [2.45, 2.75) is 25.6 Å². The molecule has 6 nitrogen and oxygen atoms in total. The van der Waals surface area contributed by atoms with Crippen molar-refractivity contribution in [2.75, 3.05) is 27.2 Å². The number of nitrogens with one attached hydrogen (secondary N) is 1. The lowest BCUT2D eigenvalue weighted by molar-refractivity contribution is 0.197. The van der Waals surface area contributed by atoms with Gasteiger partial charge in [0.15, 0.2) is 0 Å². The van der Waals surface area contributed by atoms with Crippen molar-refractivity contribution in [3.8, 4) is 5.75 Å². The van der Waals surface area contributed by atoms with Gasteiger partial charge in [-0.05, 0) is 32.6 Å². The number of pyridine rings is 1. The molecule has 1 saturated heterocycles. The van der Waals surface area contributed by atoms with Gasteiger partial charge in [0.2, 0.25) is 0 Å². The molecule has 1 atom stereocenters. The van der Waals surface area contributed by atoms with Crippen LogP contribution in [0.15, 0.2) is 30.6 Å². The van der Waals surface area contributed by atoms with Crippen molar-refractivity contribution in [3.05, 3.63) is 42.0 Å². The van der Waals surface area contributed by atoms with Crippen LogP contribution in [0.25, 0.3) is 0 Å². The normalized spacial score (nSPS) is 19.0. The molecule has 2 aromatic rings. The van der Waals surface area contributed by atoms with Crippen LogP contribution in [0.1, 0.15) is 17.8 Å². The minimum absolute atomic E-state index is 0.248. The fraction of sp³-hybridized carbons (Fsp3) is 0.500. The van der Waals surface area contributed by atoms with Crippen LogP contribution >= 0.6 is 0 Å². The minimum Gasteiger partial charge on any atom is -0.489 e. The van der Waals surface area contributed by atoms with Crippen LogP contribution in [0.4, 0.5) is 0 Å². The van der Waals surface area contributed by atoms with Crippen LogP contribution in [0.3, 0.4) is 0 Å². The Morgan fingerprint density at radius 1 is 1.36 bits per heavy atom. The topological polar surface area (TPSA) is 57.3 Å². The molecular weight excluding hydrogens is 278 g/mol. The van der Waals surface area contributed by atoms with Crippen molar-refractivity contribution in [1.82, 2.24) is 25.0 Å². The predicted molar refractivity (Wildman–Crippen MR) is 84.5 cm³/mol. The summed E-state index contributed by atoms with van der Waals surface area (Å²) in [5.41, 5.74) is 2.19. The lowest BCUT2D eigenvalue weighted by atomic mass is 10.3. The van der Waals surface area contributed by atoms with E-state index in [4.69, 9.17) is 4.74 Å². The zero-order valence-corrected chi connectivity index (χ0v) is 13.2. The van der Waals surface area contributed by atoms with E-state index >= 15 is 0 Å². The van der Waals surface area contributed by atoms with Crippen molar-refractivity contribution >= 4 is 0 Å². The zero-order valence-electron chi connectivity index (χ0n) is 13.2. The Balaban J connectivity index is 1.53. The molecule has 0 bridgehead atoms. The molecule has 0 saturated carbocycles. The van der Waals surface area contributed by atoms with Gasteiger partial charge in [-0.2, -0.15) is 5.10 Å². The van der Waals surface area contributed by atoms with E-state index in [0.717, 1.165) is 49.7 Å². The summed E-state index contributed by atoms with van der Waals surface area (Å²) in [4.78, 5) is 8.87. The molecule has 6 heteroatoms. The molecule has 1 aliphatic rings. The highest BCUT2D eigenvalue weighted by molar-refractivity contribution is 5.23. The van der Waals surface area contributed by atoms with E-state index in [1.54, 1.807) is 6.20 Å². The van der Waals surface area contributed by atoms with Gasteiger partial charge in [0, 0.05) is 50.3 Å². The van der Waals surface area contributed by atoms with Crippen LogP contribution in [-0.4, -0.2) is 58.3 Å². The van der Waals surface area contributed by atoms with Gasteiger partial charge in [0.05, 0.1) is 5.69 Å². The largest absolute Gasteiger partial charge is 0.489 e. The summed E-state index contributed by atoms with van der Waals surface area (Å²) in [6, 6.07) is 6.00. The number of ether oxygens (including phenoxy) is 1. The quantitative estimate of drug-likeness (QED) is 0.876. The van der Waals surface area contributed by atoms with Gasteiger partial charge >= 0.3 is 0 Å². The van der Waals surface area contributed by atoms with Crippen LogP contribution in [-0.2, 0) is 13.1 Å². The first-order valence-electron chi connectivity index (χ1n) is 7.66. The average molecular weight is 301 g/mol. The molecule has 1 unspecified atom stereocenters. The molecule has 1 aliphatic heterocycles. The second kappa shape index (κ2) is 6.89. The first-order chi connectivity index (χ1) is 10.7. The second-order valence-electron chi connectivity index (χ2n) is 6.07. The summed E-state index contributed by atoms with van der Waals surface area (Å²) in [5.74, 6) is 0.917. The highest BCUT2D eigenvalue weighted by Gasteiger charge is 2.24. The Morgan fingerprint density at radius 3 is 3.05 bits per heavy atom. The summed E-state index contributed by atoms with van der Waals surface area (Å²) in [7, 11) is 4.08. The number of nitrogens with zero attached hydrogens (tertiary/aromatic N) is 4. The van der Waals surface area contributed by atoms with Gasteiger partial charge in [0.25, 0.3) is 0 Å². The summed E-state index contributed by atoms with van der Waals surface area (Å²) in [5, 5.41) is 7.00. The van der Waals surface area contributed by atoms with Crippen molar-refractivity contribution in [2.24, 2.45) is 0 Å². The maximum atomic E-state index is 6.12. The SMILES string of the molecule is CN(C)Cc1cc(OC2CCN(Cc3ccn[nH]3)C2)ccn1. The van der Waals surface area contributed by atoms with Gasteiger partial charge in [-0.25, -0.2) is 0 Å². The predicted octanol–water partition coefficient (Wildman–Crippen LogP) is 1.52. The number of rotatable bonds is 6. The van der Waals surface area contributed by atoms with Gasteiger partial charge in [-0.15, -0.1) is 0 Å². The van der Waals surface area contributed by atoms with Crippen LogP contribution in [0.2, 0.25) is 0 Å². The monoisotopic (exact) mass is 301 g/mol. The maximum absolute atomic E-state index is 6.12. The molecule has 118 valence electrons. The standard InChI is InChI=1S/C16H23N5O/c1-20(2)10-14-9-15(4-6-17-14)22-16-5-8-21(12-16)11-13-3-7-18-19-13/h3-4,6-7,9,16H,5,8,10-12H2,1-2H3,(H,18,19). The fourth-order valence-electron chi connectivity index (χ4n) is 2.78. The summed E-state index contributed by atoms with van der Waals surface area (Å²) < 4.78 is 6.12. The Bertz CT molecular complexity index is 584. The first kappa shape index (κ1) is 15.0. The van der Waals surface area contributed by atoms with E-state index in [-0.39, 0.29) is 6.10 Å². The molecule has 0 amide bonds. The molecule has 3 rings (SSSR count). The fourth-order valence-corrected chi connectivity index (χ4v) is 2.78. The second-order valence-corrected chi connectivity index (χ2v) is 6.07.